The van der Waals surface area contributed by atoms with Crippen LogP contribution in [-0.4, -0.2) is 87.6 Å². The van der Waals surface area contributed by atoms with E-state index in [2.05, 4.69) is 97.2 Å². The van der Waals surface area contributed by atoms with Crippen LogP contribution >= 0.6 is 0 Å². The third kappa shape index (κ3) is 9.01. The fraction of sp³-hybridized carbons (Fsp3) is 0.131. The Morgan fingerprint density at radius 1 is 0.459 bits per heavy atom. The van der Waals surface area contributed by atoms with Gasteiger partial charge in [0.1, 0.15) is 23.0 Å². The molecule has 0 aliphatic carbocycles. The molecule has 5 aromatic carbocycles. The number of aromatic nitrogens is 4. The van der Waals surface area contributed by atoms with Gasteiger partial charge in [-0.3, -0.25) is 0 Å². The smallest absolute Gasteiger partial charge is 0.335 e. The number of nitrogens with one attached hydrogen (secondary N) is 2. The highest BCUT2D eigenvalue weighted by Gasteiger charge is 2.26. The van der Waals surface area contributed by atoms with Crippen LogP contribution in [0, 0.1) is 11.8 Å². The van der Waals surface area contributed by atoms with Gasteiger partial charge in [-0.05, 0) is 146 Å². The van der Waals surface area contributed by atoms with Crippen LogP contribution in [0.3, 0.4) is 0 Å². The molecule has 74 heavy (non-hydrogen) atoms. The van der Waals surface area contributed by atoms with Gasteiger partial charge in [-0.1, -0.05) is 24.0 Å². The molecule has 0 amide bonds. The van der Waals surface area contributed by atoms with Gasteiger partial charge in [0.05, 0.1) is 90.2 Å². The molecular weight excluding hydrogens is 927 g/mol. The fourth-order valence-electron chi connectivity index (χ4n) is 9.32. The lowest BCUT2D eigenvalue weighted by Crippen LogP contribution is -2.14. The SMILES string of the molecule is COc1cccc(OC)c1-c1c2nc(c(N(c3ccc(N(C)C)cc3)c3ccc(N(C)C)cc3)c3ccc([nH]3)c(-c3c(OC)cccc3OC)c3nc(c(C#Cc4ccc(C(=O)O)cc4)c4ccc1[nH]4)C=C3)C=C2. The predicted octanol–water partition coefficient (Wildman–Crippen LogP) is 12.7. The minimum atomic E-state index is -1.02. The van der Waals surface area contributed by atoms with Crippen LogP contribution < -0.4 is 33.6 Å². The number of hydrogen-bond donors (Lipinski definition) is 3. The van der Waals surface area contributed by atoms with Crippen LogP contribution in [0.4, 0.5) is 28.4 Å². The topological polar surface area (TPSA) is 141 Å². The molecule has 2 aliphatic rings. The molecule has 0 unspecified atom stereocenters. The predicted molar refractivity (Wildman–Crippen MR) is 299 cm³/mol. The normalized spacial score (nSPS) is 11.4. The van der Waals surface area contributed by atoms with Gasteiger partial charge in [0.2, 0.25) is 0 Å². The van der Waals surface area contributed by atoms with Crippen molar-refractivity contribution in [2.45, 2.75) is 0 Å². The van der Waals surface area contributed by atoms with Gasteiger partial charge >= 0.3 is 5.97 Å². The van der Waals surface area contributed by atoms with E-state index in [-0.39, 0.29) is 5.56 Å². The Bertz CT molecular complexity index is 3620. The monoisotopic (exact) mass is 979 g/mol. The van der Waals surface area contributed by atoms with E-state index in [4.69, 9.17) is 28.9 Å². The van der Waals surface area contributed by atoms with E-state index < -0.39 is 5.97 Å². The van der Waals surface area contributed by atoms with Gasteiger partial charge in [0.15, 0.2) is 0 Å². The van der Waals surface area contributed by atoms with Crippen molar-refractivity contribution in [1.29, 1.82) is 0 Å². The number of aromatic carboxylic acids is 1. The lowest BCUT2D eigenvalue weighted by atomic mass is 10.0. The van der Waals surface area contributed by atoms with Crippen molar-refractivity contribution < 1.29 is 28.8 Å². The van der Waals surface area contributed by atoms with Crippen LogP contribution in [0.5, 0.6) is 23.0 Å². The summed E-state index contributed by atoms with van der Waals surface area (Å²) in [5.41, 5.74) is 14.3. The number of hydrogen-bond acceptors (Lipinski definition) is 10. The Morgan fingerprint density at radius 3 is 1.32 bits per heavy atom. The molecule has 3 N–H and O–H groups in total. The Morgan fingerprint density at radius 2 is 0.865 bits per heavy atom. The number of benzene rings is 5. The quantitative estimate of drug-likeness (QED) is 0.101. The maximum atomic E-state index is 11.7. The van der Waals surface area contributed by atoms with Gasteiger partial charge < -0.3 is 48.7 Å². The number of carbonyl (C=O) groups is 1. The number of fused-ring (bicyclic) bond motifs is 8. The lowest BCUT2D eigenvalue weighted by molar-refractivity contribution is 0.0697. The molecule has 8 bridgehead atoms. The summed E-state index contributed by atoms with van der Waals surface area (Å²) in [5.74, 6) is 8.03. The number of carboxylic acid groups (broad SMARTS) is 1. The van der Waals surface area contributed by atoms with Crippen molar-refractivity contribution in [1.82, 2.24) is 19.9 Å². The molecule has 0 atom stereocenters. The third-order valence-electron chi connectivity index (χ3n) is 13.0. The first-order valence-corrected chi connectivity index (χ1v) is 23.8. The van der Waals surface area contributed by atoms with Crippen LogP contribution in [0.1, 0.15) is 44.3 Å². The molecule has 10 rings (SSSR count). The summed E-state index contributed by atoms with van der Waals surface area (Å²) in [5, 5.41) is 9.62. The molecular formula is C61H53N7O6. The van der Waals surface area contributed by atoms with Crippen molar-refractivity contribution in [2.75, 3.05) is 71.3 Å². The first-order valence-electron chi connectivity index (χ1n) is 23.8. The van der Waals surface area contributed by atoms with E-state index in [9.17, 15) is 9.90 Å². The molecule has 0 fully saturated rings. The van der Waals surface area contributed by atoms with Crippen molar-refractivity contribution in [2.24, 2.45) is 0 Å². The zero-order valence-electron chi connectivity index (χ0n) is 42.2. The van der Waals surface area contributed by atoms with Gasteiger partial charge in [0, 0.05) is 78.7 Å². The zero-order chi connectivity index (χ0) is 51.6. The molecule has 5 heterocycles. The highest BCUT2D eigenvalue weighted by Crippen LogP contribution is 2.47. The zero-order valence-corrected chi connectivity index (χ0v) is 42.2. The molecule has 13 nitrogen and oxygen atoms in total. The highest BCUT2D eigenvalue weighted by molar-refractivity contribution is 6.02. The Kier molecular flexibility index (Phi) is 13.1. The number of nitrogens with zero attached hydrogens (tertiary/aromatic N) is 5. The molecule has 0 saturated heterocycles. The van der Waals surface area contributed by atoms with Crippen molar-refractivity contribution in [3.05, 3.63) is 173 Å². The minimum Gasteiger partial charge on any atom is -0.496 e. The fourth-order valence-corrected chi connectivity index (χ4v) is 9.32. The average molecular weight is 980 g/mol. The van der Waals surface area contributed by atoms with Crippen LogP contribution in [0.2, 0.25) is 0 Å². The summed E-state index contributed by atoms with van der Waals surface area (Å²) in [6.07, 6.45) is 7.99. The second-order valence-electron chi connectivity index (χ2n) is 17.8. The minimum absolute atomic E-state index is 0.167. The van der Waals surface area contributed by atoms with Gasteiger partial charge in [-0.15, -0.1) is 0 Å². The molecule has 13 heteroatoms. The molecule has 8 aromatic rings. The first kappa shape index (κ1) is 48.0. The van der Waals surface area contributed by atoms with Crippen LogP contribution in [-0.2, 0) is 0 Å². The second kappa shape index (κ2) is 20.2. The van der Waals surface area contributed by atoms with Gasteiger partial charge in [0.25, 0.3) is 0 Å². The number of carboxylic acids is 1. The number of anilines is 5. The first-order chi connectivity index (χ1) is 36.0. The van der Waals surface area contributed by atoms with E-state index in [0.717, 1.165) is 50.6 Å². The summed E-state index contributed by atoms with van der Waals surface area (Å²) < 4.78 is 24.4. The molecule has 0 spiro atoms. The Balaban J connectivity index is 1.39. The molecule has 0 saturated carbocycles. The molecule has 0 radical (unpaired) electrons. The molecule has 2 aliphatic heterocycles. The maximum absolute atomic E-state index is 11.7. The van der Waals surface area contributed by atoms with Crippen molar-refractivity contribution in [3.8, 4) is 57.1 Å². The lowest BCUT2D eigenvalue weighted by Gasteiger charge is -2.27. The number of aromatic amines is 2. The van der Waals surface area contributed by atoms with Crippen molar-refractivity contribution in [3.63, 3.8) is 0 Å². The van der Waals surface area contributed by atoms with Crippen LogP contribution in [0.15, 0.2) is 133 Å². The standard InChI is InChI=1S/C61H53N7O6/c1-66(2)39-20-24-41(25-21-39)68(42-26-22-40(23-27-42)67(3)4)60-50-35-33-48(64-50)56(58-52(71-5)11-9-12-53(58)72-6)46-31-29-44(62-46)43(28-17-37-15-18-38(19-16-37)61(69)70)45-30-32-47(63-45)57(49-34-36-51(60)65-49)59-54(73-7)13-10-14-55(59)74-8/h9-16,18-27,29-36,62,65H,1-8H3,(H,69,70). The molecule has 368 valence electrons. The third-order valence-corrected chi connectivity index (χ3v) is 13.0. The maximum Gasteiger partial charge on any atom is 0.335 e. The Hall–Kier alpha value is -9.67. The van der Waals surface area contributed by atoms with Crippen molar-refractivity contribution >= 4 is 80.8 Å². The van der Waals surface area contributed by atoms with E-state index in [1.165, 1.54) is 0 Å². The number of rotatable bonds is 12. The van der Waals surface area contributed by atoms with Gasteiger partial charge in [-0.2, -0.15) is 0 Å². The largest absolute Gasteiger partial charge is 0.496 e. The second-order valence-corrected chi connectivity index (χ2v) is 17.8. The van der Waals surface area contributed by atoms with Crippen LogP contribution in [0.25, 0.3) is 68.6 Å². The number of ether oxygens (including phenoxy) is 4. The summed E-state index contributed by atoms with van der Waals surface area (Å²) in [6, 6.07) is 43.0. The van der Waals surface area contributed by atoms with E-state index in [1.54, 1.807) is 52.7 Å². The van der Waals surface area contributed by atoms with E-state index in [1.807, 2.05) is 101 Å². The van der Waals surface area contributed by atoms with E-state index in [0.29, 0.717) is 79.1 Å². The number of methoxy groups -OCH3 is 4. The number of H-pyrrole nitrogens is 2. The highest BCUT2D eigenvalue weighted by atomic mass is 16.5. The average Bonchev–Trinajstić information content (AvgIpc) is 4.29. The summed E-state index contributed by atoms with van der Waals surface area (Å²) >= 11 is 0. The summed E-state index contributed by atoms with van der Waals surface area (Å²) in [6.45, 7) is 0. The van der Waals surface area contributed by atoms with E-state index >= 15 is 0 Å². The Labute approximate surface area is 429 Å². The summed E-state index contributed by atoms with van der Waals surface area (Å²) in [4.78, 5) is 36.7. The van der Waals surface area contributed by atoms with Gasteiger partial charge in [-0.25, -0.2) is 14.8 Å². The molecule has 3 aromatic heterocycles. The summed E-state index contributed by atoms with van der Waals surface area (Å²) in [7, 11) is 14.7.